The first-order chi connectivity index (χ1) is 14.8. The van der Waals surface area contributed by atoms with Crippen molar-refractivity contribution in [2.24, 2.45) is 0 Å². The Morgan fingerprint density at radius 2 is 1.90 bits per heavy atom. The Morgan fingerprint density at radius 1 is 1.19 bits per heavy atom. The molecule has 0 bridgehead atoms. The number of nitrogens with two attached hydrogens (primary N) is 1. The molecule has 0 aliphatic carbocycles. The molecule has 1 saturated heterocycles. The van der Waals surface area contributed by atoms with Crippen LogP contribution in [0.4, 0.5) is 11.8 Å². The third-order valence-corrected chi connectivity index (χ3v) is 7.36. The number of nitrogens with one attached hydrogen (secondary N) is 2. The molecule has 0 saturated carbocycles. The fourth-order valence-electron chi connectivity index (χ4n) is 3.30. The Kier molecular flexibility index (Phi) is 5.88. The maximum Gasteiger partial charge on any atom is 0.316 e. The minimum atomic E-state index is -3.34. The topological polar surface area (TPSA) is 149 Å². The van der Waals surface area contributed by atoms with Crippen LogP contribution in [-0.2, 0) is 9.84 Å². The predicted octanol–water partition coefficient (Wildman–Crippen LogP) is 3.11. The number of benzene rings is 1. The number of piperidine rings is 1. The summed E-state index contributed by atoms with van der Waals surface area (Å²) in [5.41, 5.74) is 7.49. The van der Waals surface area contributed by atoms with Gasteiger partial charge in [0.15, 0.2) is 21.3 Å². The third kappa shape index (κ3) is 4.52. The van der Waals surface area contributed by atoms with Crippen LogP contribution in [0.2, 0.25) is 0 Å². The lowest BCUT2D eigenvalue weighted by Gasteiger charge is -2.22. The number of aromatic nitrogens is 4. The second kappa shape index (κ2) is 8.60. The molecule has 0 radical (unpaired) electrons. The molecule has 1 fully saturated rings. The molecule has 10 nitrogen and oxygen atoms in total. The van der Waals surface area contributed by atoms with E-state index in [0.29, 0.717) is 17.3 Å². The van der Waals surface area contributed by atoms with E-state index in [9.17, 15) is 8.42 Å². The number of sulfone groups is 1. The van der Waals surface area contributed by atoms with E-state index < -0.39 is 15.1 Å². The lowest BCUT2D eigenvalue weighted by molar-refractivity contribution is 0.464. The van der Waals surface area contributed by atoms with Crippen LogP contribution in [0.1, 0.15) is 32.4 Å². The predicted molar refractivity (Wildman–Crippen MR) is 125 cm³/mol. The smallest absolute Gasteiger partial charge is 0.316 e. The summed E-state index contributed by atoms with van der Waals surface area (Å²) in [6, 6.07) is 7.10. The van der Waals surface area contributed by atoms with Crippen molar-refractivity contribution in [3.63, 3.8) is 0 Å². The zero-order valence-corrected chi connectivity index (χ0v) is 18.2. The Hall–Kier alpha value is -3.05. The molecular formula is C20H33N7O3S. The van der Waals surface area contributed by atoms with E-state index in [-0.39, 0.29) is 34.0 Å². The lowest BCUT2D eigenvalue weighted by Crippen LogP contribution is -2.35. The summed E-state index contributed by atoms with van der Waals surface area (Å²) in [5.74, 6) is 0.335. The summed E-state index contributed by atoms with van der Waals surface area (Å²) in [5, 5.41) is 14.2. The van der Waals surface area contributed by atoms with E-state index in [1.807, 2.05) is 0 Å². The monoisotopic (exact) mass is 451 g/mol. The summed E-state index contributed by atoms with van der Waals surface area (Å²) in [7, 11) is -3.34. The number of hydrogen-bond donors (Lipinski definition) is 3. The molecule has 0 spiro atoms. The maximum absolute atomic E-state index is 12.3. The maximum atomic E-state index is 12.3. The van der Waals surface area contributed by atoms with Gasteiger partial charge in [-0.2, -0.15) is 0 Å². The van der Waals surface area contributed by atoms with Gasteiger partial charge in [-0.15, -0.1) is 5.10 Å². The molecular weight excluding hydrogens is 418 g/mol. The van der Waals surface area contributed by atoms with Gasteiger partial charge >= 0.3 is 6.01 Å². The van der Waals surface area contributed by atoms with E-state index in [4.69, 9.17) is 10.2 Å². The molecule has 0 amide bonds. The van der Waals surface area contributed by atoms with Gasteiger partial charge in [-0.25, -0.2) is 18.4 Å². The van der Waals surface area contributed by atoms with Crippen molar-refractivity contribution in [1.82, 2.24) is 25.5 Å². The highest BCUT2D eigenvalue weighted by molar-refractivity contribution is 7.92. The Bertz CT molecular complexity index is 1170. The number of nitrogens with zero attached hydrogens (tertiary/aromatic N) is 4. The highest BCUT2D eigenvalue weighted by atomic mass is 32.2. The van der Waals surface area contributed by atoms with Gasteiger partial charge in [0, 0.05) is 17.3 Å². The highest BCUT2D eigenvalue weighted by Gasteiger charge is 2.21. The number of hydrogen-bond acceptors (Lipinski definition) is 10. The average Bonchev–Trinajstić information content (AvgIpc) is 3.23. The van der Waals surface area contributed by atoms with Crippen molar-refractivity contribution in [3.8, 4) is 22.8 Å². The number of nitrogen functional groups attached to an aromatic ring is 1. The molecule has 3 heterocycles. The number of anilines is 2. The number of rotatable bonds is 6. The first-order valence-electron chi connectivity index (χ1n) is 10.1. The summed E-state index contributed by atoms with van der Waals surface area (Å²) in [6.45, 7) is 5.19. The molecule has 1 aromatic carbocycles. The van der Waals surface area contributed by atoms with Gasteiger partial charge in [0.05, 0.1) is 22.0 Å². The van der Waals surface area contributed by atoms with Crippen molar-refractivity contribution in [3.05, 3.63) is 30.5 Å². The second-order valence-corrected chi connectivity index (χ2v) is 10.2. The van der Waals surface area contributed by atoms with Crippen LogP contribution in [-0.4, -0.2) is 53.0 Å². The second-order valence-electron chi connectivity index (χ2n) is 7.69. The molecule has 4 N–H and O–H groups in total. The lowest BCUT2D eigenvalue weighted by atomic mass is 10.1. The normalized spacial score (nSPS) is 15.3. The van der Waals surface area contributed by atoms with Crippen LogP contribution < -0.4 is 16.4 Å². The molecule has 11 heteroatoms. The third-order valence-electron chi connectivity index (χ3n) is 5.19. The standard InChI is InChI=1S/C20H25N7O3S.4H2/c1-12(2)31(28,29)15-5-3-13(4-6-15)16-11-23-18(21)17(25-16)19-26-27-20(30-19)24-14-7-9-22-10-8-14;;;;/h3-6,11-12,14,22H,7-10H2,1-2H3,(H2,21,23)(H,24,27);4*1H. The summed E-state index contributed by atoms with van der Waals surface area (Å²) in [4.78, 5) is 8.99. The van der Waals surface area contributed by atoms with Gasteiger partial charge in [0.25, 0.3) is 5.89 Å². The Balaban J connectivity index is 0.00000289. The molecule has 1 aliphatic heterocycles. The first kappa shape index (κ1) is 21.2. The van der Waals surface area contributed by atoms with Gasteiger partial charge in [-0.05, 0) is 51.9 Å². The fourth-order valence-corrected chi connectivity index (χ4v) is 4.36. The van der Waals surface area contributed by atoms with Crippen LogP contribution in [0, 0.1) is 0 Å². The minimum Gasteiger partial charge on any atom is -0.402 e. The molecule has 2 aromatic heterocycles. The van der Waals surface area contributed by atoms with E-state index in [2.05, 4.69) is 30.8 Å². The summed E-state index contributed by atoms with van der Waals surface area (Å²) < 4.78 is 30.4. The Morgan fingerprint density at radius 3 is 2.58 bits per heavy atom. The Labute approximate surface area is 186 Å². The fraction of sp³-hybridized carbons (Fsp3) is 0.400. The molecule has 0 unspecified atom stereocenters. The van der Waals surface area contributed by atoms with Gasteiger partial charge in [-0.3, -0.25) is 0 Å². The molecule has 172 valence electrons. The highest BCUT2D eigenvalue weighted by Crippen LogP contribution is 2.27. The van der Waals surface area contributed by atoms with E-state index in [1.165, 1.54) is 6.20 Å². The SMILES string of the molecule is CC(C)S(=O)(=O)c1ccc(-c2cnc(N)c(-c3nnc(NC4CCNCC4)o3)n2)cc1.[HH].[HH].[HH].[HH]. The van der Waals surface area contributed by atoms with Crippen LogP contribution >= 0.6 is 0 Å². The largest absolute Gasteiger partial charge is 0.402 e. The van der Waals surface area contributed by atoms with Crippen molar-refractivity contribution < 1.29 is 18.5 Å². The summed E-state index contributed by atoms with van der Waals surface area (Å²) >= 11 is 0. The summed E-state index contributed by atoms with van der Waals surface area (Å²) in [6.07, 6.45) is 3.46. The molecule has 3 aromatic rings. The van der Waals surface area contributed by atoms with Crippen molar-refractivity contribution in [2.45, 2.75) is 42.9 Å². The average molecular weight is 452 g/mol. The minimum absolute atomic E-state index is 0. The van der Waals surface area contributed by atoms with Crippen LogP contribution in [0.25, 0.3) is 22.8 Å². The first-order valence-corrected chi connectivity index (χ1v) is 11.7. The van der Waals surface area contributed by atoms with E-state index >= 15 is 0 Å². The van der Waals surface area contributed by atoms with Crippen LogP contribution in [0.5, 0.6) is 0 Å². The zero-order valence-electron chi connectivity index (χ0n) is 17.4. The van der Waals surface area contributed by atoms with Crippen molar-refractivity contribution >= 4 is 21.7 Å². The van der Waals surface area contributed by atoms with Crippen LogP contribution in [0.15, 0.2) is 39.8 Å². The molecule has 0 atom stereocenters. The van der Waals surface area contributed by atoms with Gasteiger partial charge in [-0.1, -0.05) is 17.2 Å². The van der Waals surface area contributed by atoms with E-state index in [0.717, 1.165) is 25.9 Å². The van der Waals surface area contributed by atoms with Crippen molar-refractivity contribution in [1.29, 1.82) is 0 Å². The van der Waals surface area contributed by atoms with Gasteiger partial charge in [0.1, 0.15) is 0 Å². The van der Waals surface area contributed by atoms with Gasteiger partial charge < -0.3 is 20.8 Å². The van der Waals surface area contributed by atoms with Gasteiger partial charge in [0.2, 0.25) is 0 Å². The molecule has 1 aliphatic rings. The quantitative estimate of drug-likeness (QED) is 0.510. The van der Waals surface area contributed by atoms with E-state index in [1.54, 1.807) is 38.1 Å². The zero-order chi connectivity index (χ0) is 22.0. The van der Waals surface area contributed by atoms with Crippen molar-refractivity contribution in [2.75, 3.05) is 24.1 Å². The van der Waals surface area contributed by atoms with Crippen LogP contribution in [0.3, 0.4) is 0 Å². The molecule has 31 heavy (non-hydrogen) atoms. The molecule has 4 rings (SSSR count).